The van der Waals surface area contributed by atoms with Gasteiger partial charge in [-0.3, -0.25) is 14.8 Å². The first kappa shape index (κ1) is 19.5. The number of fused-ring (bicyclic) bond motifs is 1. The van der Waals surface area contributed by atoms with E-state index < -0.39 is 0 Å². The van der Waals surface area contributed by atoms with E-state index in [0.29, 0.717) is 11.4 Å². The van der Waals surface area contributed by atoms with Crippen LogP contribution in [0.1, 0.15) is 40.0 Å². The van der Waals surface area contributed by atoms with Gasteiger partial charge < -0.3 is 10.6 Å². The van der Waals surface area contributed by atoms with Crippen molar-refractivity contribution < 1.29 is 4.79 Å². The van der Waals surface area contributed by atoms with E-state index in [-0.39, 0.29) is 11.9 Å². The minimum absolute atomic E-state index is 0.0148. The van der Waals surface area contributed by atoms with Crippen molar-refractivity contribution in [3.8, 4) is 0 Å². The Morgan fingerprint density at radius 1 is 0.933 bits per heavy atom. The zero-order valence-corrected chi connectivity index (χ0v) is 17.2. The molecule has 2 aromatic heterocycles. The lowest BCUT2D eigenvalue weighted by Crippen LogP contribution is -2.13. The first-order valence-corrected chi connectivity index (χ1v) is 9.81. The molecule has 0 fully saturated rings. The zero-order chi connectivity index (χ0) is 21.1. The number of carbonyl (C=O) groups is 1. The van der Waals surface area contributed by atoms with Gasteiger partial charge in [-0.05, 0) is 67.8 Å². The molecule has 0 bridgehead atoms. The first-order chi connectivity index (χ1) is 14.5. The Balaban J connectivity index is 1.49. The predicted octanol–water partition coefficient (Wildman–Crippen LogP) is 5.07. The Hall–Kier alpha value is -3.80. The van der Waals surface area contributed by atoms with E-state index in [9.17, 15) is 4.79 Å². The first-order valence-electron chi connectivity index (χ1n) is 9.81. The van der Waals surface area contributed by atoms with E-state index >= 15 is 0 Å². The number of hydrogen-bond acceptors (Lipinski definition) is 5. The molecule has 2 heterocycles. The molecule has 0 aliphatic heterocycles. The highest BCUT2D eigenvalue weighted by molar-refractivity contribution is 6.04. The van der Waals surface area contributed by atoms with Crippen LogP contribution in [0, 0.1) is 13.8 Å². The van der Waals surface area contributed by atoms with Crippen LogP contribution in [0.4, 0.5) is 11.5 Å². The number of aryl methyl sites for hydroxylation is 2. The predicted molar refractivity (Wildman–Crippen MR) is 120 cm³/mol. The van der Waals surface area contributed by atoms with Gasteiger partial charge in [0.1, 0.15) is 5.82 Å². The fourth-order valence-corrected chi connectivity index (χ4v) is 3.26. The molecule has 150 valence electrons. The minimum Gasteiger partial charge on any atom is -0.362 e. The molecule has 0 saturated heterocycles. The van der Waals surface area contributed by atoms with Crippen LogP contribution >= 0.6 is 0 Å². The summed E-state index contributed by atoms with van der Waals surface area (Å²) >= 11 is 0. The molecule has 4 rings (SSSR count). The van der Waals surface area contributed by atoms with Crippen LogP contribution in [0.5, 0.6) is 0 Å². The van der Waals surface area contributed by atoms with Gasteiger partial charge in [-0.1, -0.05) is 18.2 Å². The number of benzene rings is 2. The SMILES string of the molecule is Cc1cncc(C(=O)Nc2cccc([C@H](C)Nc3cnc4ccc(C)cc4n3)c2)c1. The van der Waals surface area contributed by atoms with Crippen LogP contribution in [0.25, 0.3) is 11.0 Å². The summed E-state index contributed by atoms with van der Waals surface area (Å²) in [7, 11) is 0. The molecular weight excluding hydrogens is 374 g/mol. The monoisotopic (exact) mass is 397 g/mol. The molecular formula is C24H23N5O. The lowest BCUT2D eigenvalue weighted by Gasteiger charge is -2.16. The van der Waals surface area contributed by atoms with Crippen molar-refractivity contribution in [2.24, 2.45) is 0 Å². The maximum atomic E-state index is 12.5. The van der Waals surface area contributed by atoms with E-state index in [2.05, 4.69) is 25.6 Å². The second-order valence-corrected chi connectivity index (χ2v) is 7.44. The second kappa shape index (κ2) is 8.29. The number of aromatic nitrogens is 3. The maximum Gasteiger partial charge on any atom is 0.257 e. The number of pyridine rings is 1. The average molecular weight is 397 g/mol. The number of nitrogens with zero attached hydrogens (tertiary/aromatic N) is 3. The van der Waals surface area contributed by atoms with Crippen molar-refractivity contribution in [2.45, 2.75) is 26.8 Å². The van der Waals surface area contributed by atoms with Crippen molar-refractivity contribution in [3.63, 3.8) is 0 Å². The minimum atomic E-state index is -0.181. The number of nitrogens with one attached hydrogen (secondary N) is 2. The molecule has 1 amide bonds. The quantitative estimate of drug-likeness (QED) is 0.492. The smallest absolute Gasteiger partial charge is 0.257 e. The topological polar surface area (TPSA) is 79.8 Å². The van der Waals surface area contributed by atoms with Crippen LogP contribution in [-0.2, 0) is 0 Å². The van der Waals surface area contributed by atoms with Crippen LogP contribution in [0.3, 0.4) is 0 Å². The van der Waals surface area contributed by atoms with Gasteiger partial charge >= 0.3 is 0 Å². The normalized spacial score (nSPS) is 11.8. The summed E-state index contributed by atoms with van der Waals surface area (Å²) in [6, 6.07) is 15.6. The highest BCUT2D eigenvalue weighted by Crippen LogP contribution is 2.22. The number of amides is 1. The Labute approximate surface area is 175 Å². The van der Waals surface area contributed by atoms with E-state index in [1.807, 2.05) is 69.3 Å². The maximum absolute atomic E-state index is 12.5. The Bertz CT molecular complexity index is 1220. The van der Waals surface area contributed by atoms with Gasteiger partial charge in [-0.25, -0.2) is 4.98 Å². The molecule has 0 unspecified atom stereocenters. The van der Waals surface area contributed by atoms with Gasteiger partial charge in [0, 0.05) is 18.1 Å². The van der Waals surface area contributed by atoms with Crippen LogP contribution in [-0.4, -0.2) is 20.9 Å². The van der Waals surface area contributed by atoms with E-state index in [1.54, 1.807) is 18.6 Å². The molecule has 6 nitrogen and oxygen atoms in total. The Kier molecular flexibility index (Phi) is 5.39. The third kappa shape index (κ3) is 4.43. The van der Waals surface area contributed by atoms with E-state index in [0.717, 1.165) is 33.4 Å². The average Bonchev–Trinajstić information content (AvgIpc) is 2.73. The van der Waals surface area contributed by atoms with Crippen molar-refractivity contribution in [1.29, 1.82) is 0 Å². The summed E-state index contributed by atoms with van der Waals surface area (Å²) in [6.07, 6.45) is 5.03. The van der Waals surface area contributed by atoms with Gasteiger partial charge in [-0.15, -0.1) is 0 Å². The summed E-state index contributed by atoms with van der Waals surface area (Å²) in [4.78, 5) is 25.7. The molecule has 0 radical (unpaired) electrons. The Morgan fingerprint density at radius 3 is 2.63 bits per heavy atom. The van der Waals surface area contributed by atoms with Gasteiger partial charge in [-0.2, -0.15) is 0 Å². The van der Waals surface area contributed by atoms with Gasteiger partial charge in [0.25, 0.3) is 5.91 Å². The summed E-state index contributed by atoms with van der Waals surface area (Å²) in [5, 5.41) is 6.33. The zero-order valence-electron chi connectivity index (χ0n) is 17.2. The number of carbonyl (C=O) groups excluding carboxylic acids is 1. The van der Waals surface area contributed by atoms with Crippen LogP contribution in [0.15, 0.2) is 67.1 Å². The summed E-state index contributed by atoms with van der Waals surface area (Å²) in [5.41, 5.74) is 6.12. The molecule has 0 saturated carbocycles. The van der Waals surface area contributed by atoms with Crippen molar-refractivity contribution in [2.75, 3.05) is 10.6 Å². The number of anilines is 2. The van der Waals surface area contributed by atoms with Gasteiger partial charge in [0.05, 0.1) is 28.8 Å². The van der Waals surface area contributed by atoms with Crippen molar-refractivity contribution in [1.82, 2.24) is 15.0 Å². The van der Waals surface area contributed by atoms with Gasteiger partial charge in [0.15, 0.2) is 0 Å². The van der Waals surface area contributed by atoms with Crippen molar-refractivity contribution in [3.05, 3.63) is 89.4 Å². The molecule has 6 heteroatoms. The number of hydrogen-bond donors (Lipinski definition) is 2. The highest BCUT2D eigenvalue weighted by atomic mass is 16.1. The molecule has 0 aliphatic carbocycles. The molecule has 2 aromatic carbocycles. The fraction of sp³-hybridized carbons (Fsp3) is 0.167. The second-order valence-electron chi connectivity index (χ2n) is 7.44. The van der Waals surface area contributed by atoms with Crippen LogP contribution in [0.2, 0.25) is 0 Å². The van der Waals surface area contributed by atoms with E-state index in [4.69, 9.17) is 0 Å². The van der Waals surface area contributed by atoms with E-state index in [1.165, 1.54) is 0 Å². The standard InChI is InChI=1S/C24H23N5O/c1-15-7-8-21-22(10-15)29-23(14-26-21)27-17(3)18-5-4-6-20(11-18)28-24(30)19-9-16(2)12-25-13-19/h4-14,17H,1-3H3,(H,27,29)(H,28,30)/t17-/m0/s1. The van der Waals surface area contributed by atoms with Crippen LogP contribution < -0.4 is 10.6 Å². The number of rotatable bonds is 5. The fourth-order valence-electron chi connectivity index (χ4n) is 3.26. The molecule has 4 aromatic rings. The summed E-state index contributed by atoms with van der Waals surface area (Å²) in [5.74, 6) is 0.528. The lowest BCUT2D eigenvalue weighted by molar-refractivity contribution is 0.102. The molecule has 0 spiro atoms. The molecule has 30 heavy (non-hydrogen) atoms. The summed E-state index contributed by atoms with van der Waals surface area (Å²) < 4.78 is 0. The highest BCUT2D eigenvalue weighted by Gasteiger charge is 2.11. The third-order valence-electron chi connectivity index (χ3n) is 4.84. The molecule has 0 aliphatic rings. The Morgan fingerprint density at radius 2 is 1.80 bits per heavy atom. The van der Waals surface area contributed by atoms with Gasteiger partial charge in [0.2, 0.25) is 0 Å². The lowest BCUT2D eigenvalue weighted by atomic mass is 10.1. The summed E-state index contributed by atoms with van der Waals surface area (Å²) in [6.45, 7) is 6.00. The van der Waals surface area contributed by atoms with Crippen molar-refractivity contribution >= 4 is 28.4 Å². The molecule has 2 N–H and O–H groups in total. The third-order valence-corrected chi connectivity index (χ3v) is 4.84. The molecule has 1 atom stereocenters. The largest absolute Gasteiger partial charge is 0.362 e.